The summed E-state index contributed by atoms with van der Waals surface area (Å²) >= 11 is 1.69. The predicted molar refractivity (Wildman–Crippen MR) is 61.0 cm³/mol. The van der Waals surface area contributed by atoms with E-state index in [1.54, 1.807) is 18.4 Å². The van der Waals surface area contributed by atoms with Gasteiger partial charge in [0, 0.05) is 38.0 Å². The molecule has 2 heterocycles. The molecule has 2 N–H and O–H groups in total. The van der Waals surface area contributed by atoms with E-state index in [-0.39, 0.29) is 11.6 Å². The van der Waals surface area contributed by atoms with E-state index in [0.717, 1.165) is 26.1 Å². The van der Waals surface area contributed by atoms with Crippen LogP contribution in [0.25, 0.3) is 0 Å². The van der Waals surface area contributed by atoms with Crippen molar-refractivity contribution in [3.8, 4) is 0 Å². The van der Waals surface area contributed by atoms with Crippen molar-refractivity contribution in [2.45, 2.75) is 24.5 Å². The average Bonchev–Trinajstić information content (AvgIpc) is 2.82. The fraction of sp³-hybridized carbons (Fsp3) is 0.636. The summed E-state index contributed by atoms with van der Waals surface area (Å²) in [6, 6.07) is 4.07. The number of ether oxygens (including phenoxy) is 2. The zero-order chi connectivity index (χ0) is 10.7. The summed E-state index contributed by atoms with van der Waals surface area (Å²) in [7, 11) is 1.75. The van der Waals surface area contributed by atoms with Gasteiger partial charge in [0.25, 0.3) is 0 Å². The van der Waals surface area contributed by atoms with Crippen LogP contribution in [-0.2, 0) is 9.47 Å². The van der Waals surface area contributed by atoms with Crippen molar-refractivity contribution in [2.75, 3.05) is 20.3 Å². The van der Waals surface area contributed by atoms with Crippen molar-refractivity contribution in [3.63, 3.8) is 0 Å². The van der Waals surface area contributed by atoms with Crippen LogP contribution in [0.15, 0.2) is 17.5 Å². The lowest BCUT2D eigenvalue weighted by Gasteiger charge is -2.40. The van der Waals surface area contributed by atoms with Crippen LogP contribution in [0.1, 0.15) is 23.8 Å². The highest BCUT2D eigenvalue weighted by Crippen LogP contribution is 2.37. The van der Waals surface area contributed by atoms with Crippen LogP contribution in [0.3, 0.4) is 0 Å². The van der Waals surface area contributed by atoms with Gasteiger partial charge in [-0.05, 0) is 11.4 Å². The van der Waals surface area contributed by atoms with Gasteiger partial charge in [-0.3, -0.25) is 0 Å². The third-order valence-electron chi connectivity index (χ3n) is 3.16. The van der Waals surface area contributed by atoms with Gasteiger partial charge < -0.3 is 15.2 Å². The summed E-state index contributed by atoms with van der Waals surface area (Å²) in [5, 5.41) is 2.05. The molecule has 0 saturated carbocycles. The van der Waals surface area contributed by atoms with Gasteiger partial charge >= 0.3 is 0 Å². The van der Waals surface area contributed by atoms with Crippen LogP contribution in [0.2, 0.25) is 0 Å². The van der Waals surface area contributed by atoms with Crippen molar-refractivity contribution < 1.29 is 9.47 Å². The second-order valence-electron chi connectivity index (χ2n) is 3.87. The maximum atomic E-state index is 6.29. The van der Waals surface area contributed by atoms with Crippen molar-refractivity contribution >= 4 is 11.3 Å². The third kappa shape index (κ3) is 2.08. The van der Waals surface area contributed by atoms with Gasteiger partial charge in [-0.1, -0.05) is 6.07 Å². The van der Waals surface area contributed by atoms with Crippen LogP contribution < -0.4 is 5.73 Å². The predicted octanol–water partition coefficient (Wildman–Crippen LogP) is 1.94. The summed E-state index contributed by atoms with van der Waals surface area (Å²) in [5.41, 5.74) is 6.06. The number of thiophene rings is 1. The van der Waals surface area contributed by atoms with E-state index in [1.165, 1.54) is 4.88 Å². The Hall–Kier alpha value is -0.420. The molecule has 0 bridgehead atoms. The molecule has 0 aliphatic carbocycles. The second-order valence-corrected chi connectivity index (χ2v) is 4.85. The topological polar surface area (TPSA) is 44.5 Å². The minimum Gasteiger partial charge on any atom is -0.381 e. The molecule has 1 saturated heterocycles. The lowest BCUT2D eigenvalue weighted by molar-refractivity contribution is -0.104. The number of rotatable bonds is 3. The Morgan fingerprint density at radius 3 is 2.80 bits per heavy atom. The molecule has 2 rings (SSSR count). The highest BCUT2D eigenvalue weighted by molar-refractivity contribution is 7.10. The second kappa shape index (κ2) is 4.61. The average molecular weight is 227 g/mol. The number of hydrogen-bond donors (Lipinski definition) is 1. The summed E-state index contributed by atoms with van der Waals surface area (Å²) in [4.78, 5) is 1.19. The fourth-order valence-corrected chi connectivity index (χ4v) is 2.92. The molecule has 1 fully saturated rings. The van der Waals surface area contributed by atoms with Gasteiger partial charge in [0.05, 0.1) is 11.6 Å². The monoisotopic (exact) mass is 227 g/mol. The van der Waals surface area contributed by atoms with Crippen molar-refractivity contribution in [3.05, 3.63) is 22.4 Å². The summed E-state index contributed by atoms with van der Waals surface area (Å²) in [6.45, 7) is 1.49. The Labute approximate surface area is 94.2 Å². The maximum absolute atomic E-state index is 6.29. The number of methoxy groups -OCH3 is 1. The molecule has 84 valence electrons. The minimum absolute atomic E-state index is 0.0357. The van der Waals surface area contributed by atoms with Crippen molar-refractivity contribution in [1.82, 2.24) is 0 Å². The molecule has 0 aromatic carbocycles. The van der Waals surface area contributed by atoms with Gasteiger partial charge in [0.1, 0.15) is 0 Å². The van der Waals surface area contributed by atoms with Crippen LogP contribution >= 0.6 is 11.3 Å². The maximum Gasteiger partial charge on any atom is 0.0922 e. The molecule has 1 aromatic rings. The van der Waals surface area contributed by atoms with Gasteiger partial charge in [-0.2, -0.15) is 0 Å². The van der Waals surface area contributed by atoms with E-state index in [0.29, 0.717) is 0 Å². The molecule has 1 atom stereocenters. The quantitative estimate of drug-likeness (QED) is 0.858. The van der Waals surface area contributed by atoms with E-state index in [1.807, 2.05) is 6.07 Å². The summed E-state index contributed by atoms with van der Waals surface area (Å²) in [6.07, 6.45) is 1.76. The largest absolute Gasteiger partial charge is 0.381 e. The molecular weight excluding hydrogens is 210 g/mol. The Bertz CT molecular complexity index is 294. The minimum atomic E-state index is -0.233. The normalized spacial score (nSPS) is 22.5. The zero-order valence-electron chi connectivity index (χ0n) is 8.94. The highest BCUT2D eigenvalue weighted by atomic mass is 32.1. The summed E-state index contributed by atoms with van der Waals surface area (Å²) < 4.78 is 11.0. The first-order chi connectivity index (χ1) is 7.28. The number of hydrogen-bond acceptors (Lipinski definition) is 4. The molecule has 3 nitrogen and oxygen atoms in total. The van der Waals surface area contributed by atoms with E-state index in [2.05, 4.69) is 11.4 Å². The standard InChI is InChI=1S/C11H17NO2S/c1-13-11(4-6-14-7-5-11)10(12)9-3-2-8-15-9/h2-3,8,10H,4-7,12H2,1H3. The van der Waals surface area contributed by atoms with Crippen molar-refractivity contribution in [1.29, 1.82) is 0 Å². The molecule has 15 heavy (non-hydrogen) atoms. The molecule has 1 aliphatic heterocycles. The number of nitrogens with two attached hydrogens (primary N) is 1. The highest BCUT2D eigenvalue weighted by Gasteiger charge is 2.39. The van der Waals surface area contributed by atoms with Gasteiger partial charge in [0.15, 0.2) is 0 Å². The molecule has 0 radical (unpaired) electrons. The molecule has 1 aliphatic rings. The molecule has 1 unspecified atom stereocenters. The Morgan fingerprint density at radius 1 is 1.53 bits per heavy atom. The van der Waals surface area contributed by atoms with E-state index < -0.39 is 0 Å². The fourth-order valence-electron chi connectivity index (χ4n) is 2.09. The van der Waals surface area contributed by atoms with Gasteiger partial charge in [-0.15, -0.1) is 11.3 Å². The Balaban J connectivity index is 2.18. The molecule has 0 spiro atoms. The van der Waals surface area contributed by atoms with Crippen molar-refractivity contribution in [2.24, 2.45) is 5.73 Å². The Morgan fingerprint density at radius 2 is 2.27 bits per heavy atom. The van der Waals surface area contributed by atoms with Crippen LogP contribution in [-0.4, -0.2) is 25.9 Å². The first-order valence-electron chi connectivity index (χ1n) is 5.20. The molecule has 1 aromatic heterocycles. The molecule has 4 heteroatoms. The van der Waals surface area contributed by atoms with E-state index >= 15 is 0 Å². The third-order valence-corrected chi connectivity index (χ3v) is 4.12. The van der Waals surface area contributed by atoms with E-state index in [9.17, 15) is 0 Å². The lowest BCUT2D eigenvalue weighted by atomic mass is 9.85. The first kappa shape index (κ1) is 11.1. The van der Waals surface area contributed by atoms with Crippen LogP contribution in [0.5, 0.6) is 0 Å². The Kier molecular flexibility index (Phi) is 3.41. The van der Waals surface area contributed by atoms with Gasteiger partial charge in [0.2, 0.25) is 0 Å². The van der Waals surface area contributed by atoms with E-state index in [4.69, 9.17) is 15.2 Å². The lowest BCUT2D eigenvalue weighted by Crippen LogP contribution is -2.47. The smallest absolute Gasteiger partial charge is 0.0922 e. The SMILES string of the molecule is COC1(C(N)c2cccs2)CCOCC1. The molecular formula is C11H17NO2S. The summed E-state index contributed by atoms with van der Waals surface area (Å²) in [5.74, 6) is 0. The van der Waals surface area contributed by atoms with Crippen LogP contribution in [0, 0.1) is 0 Å². The van der Waals surface area contributed by atoms with Crippen LogP contribution in [0.4, 0.5) is 0 Å². The zero-order valence-corrected chi connectivity index (χ0v) is 9.76. The molecule has 0 amide bonds. The van der Waals surface area contributed by atoms with Gasteiger partial charge in [-0.25, -0.2) is 0 Å². The first-order valence-corrected chi connectivity index (χ1v) is 6.08.